The van der Waals surface area contributed by atoms with Crippen LogP contribution in [0.2, 0.25) is 0 Å². The predicted octanol–water partition coefficient (Wildman–Crippen LogP) is 1.83. The summed E-state index contributed by atoms with van der Waals surface area (Å²) < 4.78 is 0. The second-order valence-corrected chi connectivity index (χ2v) is 3.81. The summed E-state index contributed by atoms with van der Waals surface area (Å²) in [7, 11) is 0. The van der Waals surface area contributed by atoms with E-state index in [0.29, 0.717) is 9.88 Å². The molecule has 0 aliphatic rings. The molecular formula is C7H4N2OS2. The molecule has 0 atom stereocenters. The minimum Gasteiger partial charge on any atom is -0.285 e. The molecule has 12 heavy (non-hydrogen) atoms. The van der Waals surface area contributed by atoms with E-state index in [0.717, 1.165) is 0 Å². The number of carbonyl (C=O) groups is 1. The van der Waals surface area contributed by atoms with E-state index in [2.05, 4.69) is 9.97 Å². The van der Waals surface area contributed by atoms with Gasteiger partial charge in [0.1, 0.15) is 0 Å². The molecule has 0 amide bonds. The smallest absolute Gasteiger partial charge is 0.233 e. The second-order valence-electron chi connectivity index (χ2n) is 2.03. The summed E-state index contributed by atoms with van der Waals surface area (Å²) in [6, 6.07) is 0. The third kappa shape index (κ3) is 1.28. The standard InChI is InChI=1S/C7H4N2OS2/c10-6(5-3-8-4-12-5)7-9-1-2-11-7/h1-4H. The van der Waals surface area contributed by atoms with Crippen LogP contribution in [-0.4, -0.2) is 15.8 Å². The average molecular weight is 196 g/mol. The van der Waals surface area contributed by atoms with Gasteiger partial charge in [-0.15, -0.1) is 22.7 Å². The van der Waals surface area contributed by atoms with Crippen molar-refractivity contribution >= 4 is 28.5 Å². The van der Waals surface area contributed by atoms with Gasteiger partial charge < -0.3 is 0 Å². The monoisotopic (exact) mass is 196 g/mol. The van der Waals surface area contributed by atoms with E-state index in [-0.39, 0.29) is 5.78 Å². The van der Waals surface area contributed by atoms with E-state index in [1.807, 2.05) is 0 Å². The SMILES string of the molecule is O=C(c1cncs1)c1nccs1. The summed E-state index contributed by atoms with van der Waals surface area (Å²) in [5, 5.41) is 2.31. The molecule has 0 radical (unpaired) electrons. The van der Waals surface area contributed by atoms with Gasteiger partial charge in [-0.1, -0.05) is 0 Å². The first-order valence-electron chi connectivity index (χ1n) is 3.20. The summed E-state index contributed by atoms with van der Waals surface area (Å²) in [5.74, 6) is -0.0347. The van der Waals surface area contributed by atoms with E-state index < -0.39 is 0 Å². The first-order chi connectivity index (χ1) is 5.88. The Hall–Kier alpha value is -1.07. The van der Waals surface area contributed by atoms with E-state index in [1.165, 1.54) is 22.7 Å². The minimum absolute atomic E-state index is 0.0347. The van der Waals surface area contributed by atoms with Crippen molar-refractivity contribution in [2.24, 2.45) is 0 Å². The molecule has 0 aromatic carbocycles. The van der Waals surface area contributed by atoms with Crippen LogP contribution >= 0.6 is 22.7 Å². The molecule has 0 saturated heterocycles. The molecular weight excluding hydrogens is 192 g/mol. The number of ketones is 1. The normalized spacial score (nSPS) is 10.0. The zero-order valence-corrected chi connectivity index (χ0v) is 7.56. The molecule has 0 fully saturated rings. The summed E-state index contributed by atoms with van der Waals surface area (Å²) in [6.07, 6.45) is 3.19. The number of hydrogen-bond donors (Lipinski definition) is 0. The first kappa shape index (κ1) is 7.57. The minimum atomic E-state index is -0.0347. The highest BCUT2D eigenvalue weighted by Gasteiger charge is 2.12. The van der Waals surface area contributed by atoms with Gasteiger partial charge in [0.05, 0.1) is 10.4 Å². The lowest BCUT2D eigenvalue weighted by molar-refractivity contribution is 0.104. The van der Waals surface area contributed by atoms with E-state index >= 15 is 0 Å². The van der Waals surface area contributed by atoms with Gasteiger partial charge in [-0.3, -0.25) is 9.78 Å². The van der Waals surface area contributed by atoms with Crippen LogP contribution in [0.3, 0.4) is 0 Å². The van der Waals surface area contributed by atoms with Crippen LogP contribution in [0, 0.1) is 0 Å². The average Bonchev–Trinajstić information content (AvgIpc) is 2.77. The molecule has 5 heteroatoms. The zero-order chi connectivity index (χ0) is 8.39. The lowest BCUT2D eigenvalue weighted by atomic mass is 10.4. The van der Waals surface area contributed by atoms with Crippen molar-refractivity contribution in [2.75, 3.05) is 0 Å². The summed E-state index contributed by atoms with van der Waals surface area (Å²) in [6.45, 7) is 0. The van der Waals surface area contributed by atoms with E-state index in [4.69, 9.17) is 0 Å². The number of hydrogen-bond acceptors (Lipinski definition) is 5. The number of aromatic nitrogens is 2. The Morgan fingerprint density at radius 1 is 1.42 bits per heavy atom. The molecule has 0 N–H and O–H groups in total. The Labute approximate surface area is 76.7 Å². The Kier molecular flexibility index (Phi) is 1.97. The quantitative estimate of drug-likeness (QED) is 0.688. The molecule has 0 aliphatic heterocycles. The molecule has 3 nitrogen and oxygen atoms in total. The van der Waals surface area contributed by atoms with Gasteiger partial charge in [-0.25, -0.2) is 4.98 Å². The van der Waals surface area contributed by atoms with Gasteiger partial charge in [0.2, 0.25) is 5.78 Å². The van der Waals surface area contributed by atoms with Crippen LogP contribution < -0.4 is 0 Å². The van der Waals surface area contributed by atoms with Crippen LogP contribution in [-0.2, 0) is 0 Å². The van der Waals surface area contributed by atoms with Crippen LogP contribution in [0.25, 0.3) is 0 Å². The number of carbonyl (C=O) groups excluding carboxylic acids is 1. The highest BCUT2D eigenvalue weighted by molar-refractivity contribution is 7.15. The summed E-state index contributed by atoms with van der Waals surface area (Å²) in [4.78, 5) is 19.9. The fourth-order valence-corrected chi connectivity index (χ4v) is 1.98. The lowest BCUT2D eigenvalue weighted by Gasteiger charge is -1.87. The molecule has 60 valence electrons. The summed E-state index contributed by atoms with van der Waals surface area (Å²) in [5.41, 5.74) is 1.64. The zero-order valence-electron chi connectivity index (χ0n) is 5.93. The van der Waals surface area contributed by atoms with E-state index in [1.54, 1.807) is 23.3 Å². The van der Waals surface area contributed by atoms with Crippen molar-refractivity contribution in [2.45, 2.75) is 0 Å². The summed E-state index contributed by atoms with van der Waals surface area (Å²) >= 11 is 2.68. The van der Waals surface area contributed by atoms with Crippen molar-refractivity contribution < 1.29 is 4.79 Å². The third-order valence-corrected chi connectivity index (χ3v) is 2.83. The van der Waals surface area contributed by atoms with E-state index in [9.17, 15) is 4.79 Å². The molecule has 0 aliphatic carbocycles. The largest absolute Gasteiger partial charge is 0.285 e. The van der Waals surface area contributed by atoms with Gasteiger partial charge in [-0.05, 0) is 0 Å². The molecule has 0 unspecified atom stereocenters. The topological polar surface area (TPSA) is 42.9 Å². The molecule has 0 bridgehead atoms. The van der Waals surface area contributed by atoms with Crippen molar-refractivity contribution in [3.8, 4) is 0 Å². The Morgan fingerprint density at radius 3 is 2.92 bits per heavy atom. The van der Waals surface area contributed by atoms with Crippen LogP contribution in [0.15, 0.2) is 23.3 Å². The first-order valence-corrected chi connectivity index (χ1v) is 4.96. The fraction of sp³-hybridized carbons (Fsp3) is 0. The van der Waals surface area contributed by atoms with Crippen molar-refractivity contribution in [3.63, 3.8) is 0 Å². The Bertz CT molecular complexity index is 330. The van der Waals surface area contributed by atoms with Gasteiger partial charge >= 0.3 is 0 Å². The maximum Gasteiger partial charge on any atom is 0.233 e. The third-order valence-electron chi connectivity index (χ3n) is 1.28. The Balaban J connectivity index is 2.34. The van der Waals surface area contributed by atoms with Crippen molar-refractivity contribution in [1.82, 2.24) is 9.97 Å². The number of rotatable bonds is 2. The molecule has 0 saturated carbocycles. The lowest BCUT2D eigenvalue weighted by Crippen LogP contribution is -1.96. The number of nitrogens with zero attached hydrogens (tertiary/aromatic N) is 2. The Morgan fingerprint density at radius 2 is 2.33 bits per heavy atom. The van der Waals surface area contributed by atoms with Crippen LogP contribution in [0.5, 0.6) is 0 Å². The molecule has 0 spiro atoms. The van der Waals surface area contributed by atoms with Crippen molar-refractivity contribution in [1.29, 1.82) is 0 Å². The molecule has 2 aromatic heterocycles. The second kappa shape index (κ2) is 3.12. The van der Waals surface area contributed by atoms with Crippen molar-refractivity contribution in [3.05, 3.63) is 33.2 Å². The van der Waals surface area contributed by atoms with Gasteiger partial charge in [0.25, 0.3) is 0 Å². The molecule has 2 aromatic rings. The highest BCUT2D eigenvalue weighted by Crippen LogP contribution is 2.14. The molecule has 2 heterocycles. The number of thiazole rings is 2. The fourth-order valence-electron chi connectivity index (χ4n) is 0.769. The highest BCUT2D eigenvalue weighted by atomic mass is 32.1. The molecule has 2 rings (SSSR count). The van der Waals surface area contributed by atoms with Gasteiger partial charge in [0.15, 0.2) is 5.01 Å². The predicted molar refractivity (Wildman–Crippen MR) is 47.7 cm³/mol. The van der Waals surface area contributed by atoms with Gasteiger partial charge in [-0.2, -0.15) is 0 Å². The maximum absolute atomic E-state index is 11.5. The van der Waals surface area contributed by atoms with Crippen LogP contribution in [0.1, 0.15) is 14.7 Å². The maximum atomic E-state index is 11.5. The van der Waals surface area contributed by atoms with Gasteiger partial charge in [0, 0.05) is 17.8 Å². The van der Waals surface area contributed by atoms with Crippen LogP contribution in [0.4, 0.5) is 0 Å².